The number of rotatable bonds is 4. The Kier molecular flexibility index (Phi) is 3.66. The number of carbonyl (C=O) groups excluding carboxylic acids is 1. The molecule has 0 saturated carbocycles. The molecule has 0 fully saturated rings. The third-order valence-electron chi connectivity index (χ3n) is 2.98. The standard InChI is InChI=1S/C14H16N4O/c1-9-10(3-2-4-12(9)15)8-18-11-5-6-17-13(7-11)14(16)19/h2-7H,8,15H2,1H3,(H2,16,19)(H,17,18). The number of nitrogen functional groups attached to an aromatic ring is 1. The van der Waals surface area contributed by atoms with Crippen molar-refractivity contribution in [2.45, 2.75) is 13.5 Å². The summed E-state index contributed by atoms with van der Waals surface area (Å²) >= 11 is 0. The van der Waals surface area contributed by atoms with Crippen LogP contribution in [0.5, 0.6) is 0 Å². The zero-order chi connectivity index (χ0) is 13.8. The molecule has 5 heteroatoms. The number of amides is 1. The quantitative estimate of drug-likeness (QED) is 0.725. The topological polar surface area (TPSA) is 94.0 Å². The number of pyridine rings is 1. The number of hydrogen-bond acceptors (Lipinski definition) is 4. The van der Waals surface area contributed by atoms with Gasteiger partial charge in [-0.15, -0.1) is 0 Å². The van der Waals surface area contributed by atoms with Crippen molar-refractivity contribution < 1.29 is 4.79 Å². The molecule has 2 aromatic rings. The third-order valence-corrected chi connectivity index (χ3v) is 2.98. The number of primary amides is 1. The van der Waals surface area contributed by atoms with E-state index in [1.54, 1.807) is 18.3 Å². The second-order valence-electron chi connectivity index (χ2n) is 4.28. The average Bonchev–Trinajstić information content (AvgIpc) is 2.41. The summed E-state index contributed by atoms with van der Waals surface area (Å²) in [5.41, 5.74) is 15.0. The van der Waals surface area contributed by atoms with Crippen LogP contribution in [0.1, 0.15) is 21.6 Å². The molecule has 1 aromatic heterocycles. The number of benzene rings is 1. The lowest BCUT2D eigenvalue weighted by Gasteiger charge is -2.11. The van der Waals surface area contributed by atoms with Crippen molar-refractivity contribution >= 4 is 17.3 Å². The summed E-state index contributed by atoms with van der Waals surface area (Å²) in [6, 6.07) is 9.21. The number of aromatic nitrogens is 1. The van der Waals surface area contributed by atoms with Gasteiger partial charge < -0.3 is 16.8 Å². The van der Waals surface area contributed by atoms with Gasteiger partial charge in [-0.25, -0.2) is 0 Å². The molecule has 0 unspecified atom stereocenters. The Balaban J connectivity index is 2.12. The first-order valence-corrected chi connectivity index (χ1v) is 5.91. The number of hydrogen-bond donors (Lipinski definition) is 3. The van der Waals surface area contributed by atoms with Gasteiger partial charge >= 0.3 is 0 Å². The van der Waals surface area contributed by atoms with Gasteiger partial charge in [0.15, 0.2) is 0 Å². The van der Waals surface area contributed by atoms with Crippen LogP contribution in [-0.2, 0) is 6.54 Å². The summed E-state index contributed by atoms with van der Waals surface area (Å²) in [6.07, 6.45) is 1.55. The maximum atomic E-state index is 11.0. The van der Waals surface area contributed by atoms with E-state index >= 15 is 0 Å². The molecule has 0 spiro atoms. The zero-order valence-electron chi connectivity index (χ0n) is 10.7. The van der Waals surface area contributed by atoms with Crippen LogP contribution in [0, 0.1) is 6.92 Å². The minimum atomic E-state index is -0.538. The Morgan fingerprint density at radius 1 is 1.37 bits per heavy atom. The Bertz CT molecular complexity index is 610. The minimum absolute atomic E-state index is 0.245. The van der Waals surface area contributed by atoms with Gasteiger partial charge in [0.25, 0.3) is 5.91 Å². The Morgan fingerprint density at radius 3 is 2.89 bits per heavy atom. The van der Waals surface area contributed by atoms with Gasteiger partial charge in [0.1, 0.15) is 5.69 Å². The monoisotopic (exact) mass is 256 g/mol. The van der Waals surface area contributed by atoms with Crippen LogP contribution < -0.4 is 16.8 Å². The second-order valence-corrected chi connectivity index (χ2v) is 4.28. The van der Waals surface area contributed by atoms with Crippen LogP contribution in [0.25, 0.3) is 0 Å². The lowest BCUT2D eigenvalue weighted by atomic mass is 10.1. The zero-order valence-corrected chi connectivity index (χ0v) is 10.7. The van der Waals surface area contributed by atoms with Gasteiger partial charge in [-0.1, -0.05) is 12.1 Å². The number of carbonyl (C=O) groups is 1. The van der Waals surface area contributed by atoms with Gasteiger partial charge in [-0.05, 0) is 36.2 Å². The van der Waals surface area contributed by atoms with E-state index < -0.39 is 5.91 Å². The molecular formula is C14H16N4O. The molecule has 1 amide bonds. The molecular weight excluding hydrogens is 240 g/mol. The molecule has 19 heavy (non-hydrogen) atoms. The third kappa shape index (κ3) is 3.01. The molecule has 5 N–H and O–H groups in total. The number of nitrogens with one attached hydrogen (secondary N) is 1. The van der Waals surface area contributed by atoms with Gasteiger partial charge in [0.05, 0.1) is 0 Å². The van der Waals surface area contributed by atoms with Gasteiger partial charge in [0.2, 0.25) is 0 Å². The van der Waals surface area contributed by atoms with Crippen LogP contribution in [0.15, 0.2) is 36.5 Å². The van der Waals surface area contributed by atoms with Crippen LogP contribution >= 0.6 is 0 Å². The summed E-state index contributed by atoms with van der Waals surface area (Å²) < 4.78 is 0. The summed E-state index contributed by atoms with van der Waals surface area (Å²) in [4.78, 5) is 14.9. The molecule has 0 aliphatic rings. The molecule has 0 radical (unpaired) electrons. The molecule has 1 heterocycles. The number of nitrogens with zero attached hydrogens (tertiary/aromatic N) is 1. The Labute approximate surface area is 111 Å². The highest BCUT2D eigenvalue weighted by Crippen LogP contribution is 2.17. The van der Waals surface area contributed by atoms with Crippen molar-refractivity contribution in [3.05, 3.63) is 53.3 Å². The average molecular weight is 256 g/mol. The molecule has 1 aromatic carbocycles. The molecule has 98 valence electrons. The predicted molar refractivity (Wildman–Crippen MR) is 75.7 cm³/mol. The summed E-state index contributed by atoms with van der Waals surface area (Å²) in [5.74, 6) is -0.538. The lowest BCUT2D eigenvalue weighted by Crippen LogP contribution is -2.13. The summed E-state index contributed by atoms with van der Waals surface area (Å²) in [6.45, 7) is 2.60. The SMILES string of the molecule is Cc1c(N)cccc1CNc1ccnc(C(N)=O)c1. The number of nitrogens with two attached hydrogens (primary N) is 2. The van der Waals surface area contributed by atoms with E-state index in [4.69, 9.17) is 11.5 Å². The lowest BCUT2D eigenvalue weighted by molar-refractivity contribution is 0.0995. The second kappa shape index (κ2) is 5.39. The van der Waals surface area contributed by atoms with Crippen molar-refractivity contribution in [3.8, 4) is 0 Å². The van der Waals surface area contributed by atoms with E-state index in [9.17, 15) is 4.79 Å². The highest BCUT2D eigenvalue weighted by atomic mass is 16.1. The van der Waals surface area contributed by atoms with Gasteiger partial charge in [-0.2, -0.15) is 0 Å². The molecule has 0 saturated heterocycles. The first-order chi connectivity index (χ1) is 9.08. The van der Waals surface area contributed by atoms with E-state index in [0.717, 1.165) is 22.5 Å². The highest BCUT2D eigenvalue weighted by molar-refractivity contribution is 5.91. The van der Waals surface area contributed by atoms with Crippen molar-refractivity contribution in [2.75, 3.05) is 11.1 Å². The first kappa shape index (κ1) is 12.9. The summed E-state index contributed by atoms with van der Waals surface area (Å²) in [7, 11) is 0. The van der Waals surface area contributed by atoms with Crippen molar-refractivity contribution in [3.63, 3.8) is 0 Å². The van der Waals surface area contributed by atoms with E-state index in [-0.39, 0.29) is 5.69 Å². The van der Waals surface area contributed by atoms with Crippen LogP contribution in [0.2, 0.25) is 0 Å². The Hall–Kier alpha value is -2.56. The van der Waals surface area contributed by atoms with Crippen molar-refractivity contribution in [1.29, 1.82) is 0 Å². The molecule has 0 aliphatic carbocycles. The van der Waals surface area contributed by atoms with E-state index in [2.05, 4.69) is 10.3 Å². The van der Waals surface area contributed by atoms with E-state index in [0.29, 0.717) is 6.54 Å². The fraction of sp³-hybridized carbons (Fsp3) is 0.143. The van der Waals surface area contributed by atoms with Gasteiger partial charge in [-0.3, -0.25) is 9.78 Å². The van der Waals surface area contributed by atoms with Crippen LogP contribution in [-0.4, -0.2) is 10.9 Å². The molecule has 5 nitrogen and oxygen atoms in total. The normalized spacial score (nSPS) is 10.2. The Morgan fingerprint density at radius 2 is 2.16 bits per heavy atom. The minimum Gasteiger partial charge on any atom is -0.399 e. The van der Waals surface area contributed by atoms with Crippen molar-refractivity contribution in [2.24, 2.45) is 5.73 Å². The smallest absolute Gasteiger partial charge is 0.267 e. The van der Waals surface area contributed by atoms with Gasteiger partial charge in [0, 0.05) is 24.1 Å². The van der Waals surface area contributed by atoms with Crippen LogP contribution in [0.3, 0.4) is 0 Å². The van der Waals surface area contributed by atoms with Crippen molar-refractivity contribution in [1.82, 2.24) is 4.98 Å². The maximum Gasteiger partial charge on any atom is 0.267 e. The van der Waals surface area contributed by atoms with E-state index in [1.807, 2.05) is 25.1 Å². The predicted octanol–water partition coefficient (Wildman–Crippen LogP) is 1.68. The summed E-state index contributed by atoms with van der Waals surface area (Å²) in [5, 5.41) is 3.22. The van der Waals surface area contributed by atoms with Crippen LogP contribution in [0.4, 0.5) is 11.4 Å². The highest BCUT2D eigenvalue weighted by Gasteiger charge is 2.04. The first-order valence-electron chi connectivity index (χ1n) is 5.91. The fourth-order valence-electron chi connectivity index (χ4n) is 1.77. The maximum absolute atomic E-state index is 11.0. The molecule has 0 atom stereocenters. The molecule has 0 aliphatic heterocycles. The molecule has 2 rings (SSSR count). The van der Waals surface area contributed by atoms with E-state index in [1.165, 1.54) is 0 Å². The number of anilines is 2. The largest absolute Gasteiger partial charge is 0.399 e. The molecule has 0 bridgehead atoms. The fourth-order valence-corrected chi connectivity index (χ4v) is 1.77.